The first-order chi connectivity index (χ1) is 20.3. The van der Waals surface area contributed by atoms with Crippen LogP contribution in [-0.2, 0) is 30.2 Å². The van der Waals surface area contributed by atoms with Crippen molar-refractivity contribution in [2.75, 3.05) is 0 Å². The Morgan fingerprint density at radius 3 is 1.98 bits per heavy atom. The molecule has 0 aliphatic carbocycles. The number of halogens is 1. The molecule has 10 heteroatoms. The van der Waals surface area contributed by atoms with Gasteiger partial charge in [-0.25, -0.2) is 4.39 Å². The van der Waals surface area contributed by atoms with Gasteiger partial charge in [-0.1, -0.05) is 31.2 Å². The molecule has 1 N–H and O–H groups in total. The minimum atomic E-state index is -2.19. The van der Waals surface area contributed by atoms with Crippen molar-refractivity contribution >= 4 is 36.3 Å². The third-order valence-corrected chi connectivity index (χ3v) is 11.5. The molecular formula is C34H51FO5SSi3. The molecular weight excluding hydrogens is 624 g/mol. The molecule has 0 saturated carbocycles. The van der Waals surface area contributed by atoms with E-state index in [0.29, 0.717) is 18.4 Å². The molecule has 1 aliphatic rings. The maximum absolute atomic E-state index is 13.5. The van der Waals surface area contributed by atoms with Crippen LogP contribution in [0.15, 0.2) is 54.6 Å². The topological polar surface area (TPSA) is 57.2 Å². The average molecular weight is 675 g/mol. The minimum Gasteiger partial charge on any atom is -0.409 e. The molecule has 5 atom stereocenters. The van der Waals surface area contributed by atoms with Gasteiger partial charge in [0, 0.05) is 21.7 Å². The molecule has 2 heterocycles. The zero-order chi connectivity index (χ0) is 32.7. The first-order valence-electron chi connectivity index (χ1n) is 15.7. The maximum atomic E-state index is 13.5. The van der Waals surface area contributed by atoms with E-state index in [9.17, 15) is 9.50 Å². The third kappa shape index (κ3) is 8.86. The van der Waals surface area contributed by atoms with E-state index in [1.807, 2.05) is 18.2 Å². The highest BCUT2D eigenvalue weighted by atomic mass is 32.1. The van der Waals surface area contributed by atoms with Crippen molar-refractivity contribution in [2.24, 2.45) is 0 Å². The van der Waals surface area contributed by atoms with Crippen LogP contribution >= 0.6 is 11.3 Å². The number of hydrogen-bond donors (Lipinski definition) is 1. The largest absolute Gasteiger partial charge is 0.409 e. The van der Waals surface area contributed by atoms with Crippen molar-refractivity contribution in [3.05, 3.63) is 82.0 Å². The van der Waals surface area contributed by atoms with Crippen LogP contribution in [-0.4, -0.2) is 54.5 Å². The normalized spacial score (nSPS) is 24.9. The standard InChI is InChI=1S/C34H51FO5SSi3/c1-12-29-31(38-42(3,4)5)32(39-43(6,7)8)33(40-44(9,10)11)34(36,37-29)26-16-13-23(2)25(21-26)22-28-19-20-30(41-28)24-14-17-27(35)18-15-24/h13-21,29,31-33,36H,12,22H2,1-11H3/t29-,31-,32+,33-,34?/m1/s1. The molecule has 0 amide bonds. The van der Waals surface area contributed by atoms with Crippen LogP contribution < -0.4 is 0 Å². The van der Waals surface area contributed by atoms with Crippen molar-refractivity contribution < 1.29 is 27.5 Å². The Bertz CT molecular complexity index is 1410. The molecule has 0 radical (unpaired) electrons. The van der Waals surface area contributed by atoms with E-state index in [1.165, 1.54) is 17.0 Å². The van der Waals surface area contributed by atoms with Crippen molar-refractivity contribution in [1.82, 2.24) is 0 Å². The van der Waals surface area contributed by atoms with E-state index in [2.05, 4.69) is 97.0 Å². The van der Waals surface area contributed by atoms with Crippen molar-refractivity contribution in [1.29, 1.82) is 0 Å². The van der Waals surface area contributed by atoms with Gasteiger partial charge in [-0.3, -0.25) is 0 Å². The zero-order valence-corrected chi connectivity index (χ0v) is 32.1. The first-order valence-corrected chi connectivity index (χ1v) is 26.7. The van der Waals surface area contributed by atoms with E-state index >= 15 is 0 Å². The number of ether oxygens (including phenoxy) is 1. The predicted molar refractivity (Wildman–Crippen MR) is 187 cm³/mol. The molecule has 44 heavy (non-hydrogen) atoms. The van der Waals surface area contributed by atoms with E-state index in [4.69, 9.17) is 18.0 Å². The van der Waals surface area contributed by atoms with Crippen LogP contribution in [0.1, 0.15) is 34.9 Å². The van der Waals surface area contributed by atoms with Gasteiger partial charge in [0.25, 0.3) is 0 Å². The summed E-state index contributed by atoms with van der Waals surface area (Å²) in [6.45, 7) is 23.6. The molecule has 0 bridgehead atoms. The Labute approximate surface area is 271 Å². The molecule has 1 fully saturated rings. The lowest BCUT2D eigenvalue weighted by molar-refractivity contribution is -0.346. The second-order valence-electron chi connectivity index (χ2n) is 14.9. The lowest BCUT2D eigenvalue weighted by Gasteiger charge is -2.54. The summed E-state index contributed by atoms with van der Waals surface area (Å²) < 4.78 is 40.8. The van der Waals surface area contributed by atoms with Gasteiger partial charge >= 0.3 is 0 Å². The Morgan fingerprint density at radius 2 is 1.41 bits per heavy atom. The molecule has 4 rings (SSSR count). The highest BCUT2D eigenvalue weighted by Gasteiger charge is 2.58. The summed E-state index contributed by atoms with van der Waals surface area (Å²) in [6.07, 6.45) is -0.579. The van der Waals surface area contributed by atoms with E-state index in [1.54, 1.807) is 11.3 Å². The molecule has 1 aliphatic heterocycles. The minimum absolute atomic E-state index is 0.238. The fourth-order valence-corrected chi connectivity index (χ4v) is 9.92. The summed E-state index contributed by atoms with van der Waals surface area (Å²) >= 11 is 1.70. The fraction of sp³-hybridized carbons (Fsp3) is 0.529. The summed E-state index contributed by atoms with van der Waals surface area (Å²) in [7, 11) is -6.30. The van der Waals surface area contributed by atoms with E-state index < -0.39 is 42.9 Å². The Kier molecular flexibility index (Phi) is 10.7. The molecule has 3 aromatic rings. The third-order valence-electron chi connectivity index (χ3n) is 7.49. The molecule has 5 nitrogen and oxygen atoms in total. The summed E-state index contributed by atoms with van der Waals surface area (Å²) in [6, 6.07) is 16.9. The van der Waals surface area contributed by atoms with Crippen molar-refractivity contribution in [2.45, 2.75) is 116 Å². The number of benzene rings is 2. The average Bonchev–Trinajstić information content (AvgIpc) is 3.36. The highest BCUT2D eigenvalue weighted by Crippen LogP contribution is 2.44. The van der Waals surface area contributed by atoms with Crippen molar-refractivity contribution in [3.8, 4) is 10.4 Å². The SMILES string of the molecule is CC[C@H]1OC(O)(c2ccc(C)c(Cc3ccc(-c4ccc(F)cc4)s3)c2)[C@H](O[Si](C)(C)C)[C@@H](O[Si](C)(C)C)[C@@H]1O[Si](C)(C)C. The highest BCUT2D eigenvalue weighted by molar-refractivity contribution is 7.15. The maximum Gasteiger partial charge on any atom is 0.221 e. The summed E-state index contributed by atoms with van der Waals surface area (Å²) in [5.74, 6) is -1.96. The first kappa shape index (κ1) is 35.4. The Balaban J connectivity index is 1.76. The van der Waals surface area contributed by atoms with Gasteiger partial charge in [0.2, 0.25) is 5.79 Å². The molecule has 1 unspecified atom stereocenters. The Hall–Kier alpha value is -1.48. The predicted octanol–water partition coefficient (Wildman–Crippen LogP) is 9.07. The number of hydrogen-bond acceptors (Lipinski definition) is 6. The van der Waals surface area contributed by atoms with Gasteiger partial charge < -0.3 is 23.1 Å². The zero-order valence-electron chi connectivity index (χ0n) is 28.3. The van der Waals surface area contributed by atoms with Gasteiger partial charge in [0.15, 0.2) is 25.0 Å². The van der Waals surface area contributed by atoms with Crippen LogP contribution in [0.2, 0.25) is 58.9 Å². The van der Waals surface area contributed by atoms with Gasteiger partial charge in [0.05, 0.1) is 12.2 Å². The molecule has 2 aromatic carbocycles. The van der Waals surface area contributed by atoms with Crippen LogP contribution in [0.3, 0.4) is 0 Å². The van der Waals surface area contributed by atoms with Gasteiger partial charge in [-0.05, 0) is 119 Å². The van der Waals surface area contributed by atoms with Crippen LogP contribution in [0.4, 0.5) is 4.39 Å². The van der Waals surface area contributed by atoms with Crippen molar-refractivity contribution in [3.63, 3.8) is 0 Å². The van der Waals surface area contributed by atoms with Crippen LogP contribution in [0.5, 0.6) is 0 Å². The molecule has 242 valence electrons. The van der Waals surface area contributed by atoms with Crippen LogP contribution in [0, 0.1) is 12.7 Å². The number of rotatable bonds is 11. The number of aryl methyl sites for hydroxylation is 1. The van der Waals surface area contributed by atoms with Gasteiger partial charge in [-0.2, -0.15) is 0 Å². The fourth-order valence-electron chi connectivity index (χ4n) is 5.65. The monoisotopic (exact) mass is 674 g/mol. The second kappa shape index (κ2) is 13.3. The number of aliphatic hydroxyl groups is 1. The second-order valence-corrected chi connectivity index (χ2v) is 29.4. The lowest BCUT2D eigenvalue weighted by atomic mass is 9.86. The van der Waals surface area contributed by atoms with Crippen LogP contribution in [0.25, 0.3) is 10.4 Å². The number of thiophene rings is 1. The summed E-state index contributed by atoms with van der Waals surface area (Å²) in [5.41, 5.74) is 3.91. The summed E-state index contributed by atoms with van der Waals surface area (Å²) in [4.78, 5) is 2.28. The van der Waals surface area contributed by atoms with E-state index in [-0.39, 0.29) is 18.0 Å². The molecule has 1 aromatic heterocycles. The van der Waals surface area contributed by atoms with Gasteiger partial charge in [-0.15, -0.1) is 11.3 Å². The molecule has 0 spiro atoms. The molecule has 1 saturated heterocycles. The lowest BCUT2D eigenvalue weighted by Crippen LogP contribution is -2.68. The Morgan fingerprint density at radius 1 is 0.818 bits per heavy atom. The summed E-state index contributed by atoms with van der Waals surface area (Å²) in [5, 5.41) is 12.7. The van der Waals surface area contributed by atoms with Gasteiger partial charge in [0.1, 0.15) is 18.0 Å². The quantitative estimate of drug-likeness (QED) is 0.206. The smallest absolute Gasteiger partial charge is 0.221 e. The van der Waals surface area contributed by atoms with E-state index in [0.717, 1.165) is 21.6 Å².